The second-order valence-electron chi connectivity index (χ2n) is 10.4. The van der Waals surface area contributed by atoms with E-state index in [-0.39, 0.29) is 0 Å². The van der Waals surface area contributed by atoms with Gasteiger partial charge in [0.05, 0.1) is 17.1 Å². The average Bonchev–Trinajstić information content (AvgIpc) is 3.48. The highest BCUT2D eigenvalue weighted by atomic mass is 32.1. The van der Waals surface area contributed by atoms with Crippen molar-refractivity contribution in [3.05, 3.63) is 152 Å². The third kappa shape index (κ3) is 4.68. The molecule has 0 bridgehead atoms. The van der Waals surface area contributed by atoms with E-state index in [1.54, 1.807) is 0 Å². The van der Waals surface area contributed by atoms with Crippen molar-refractivity contribution in [3.63, 3.8) is 0 Å². The summed E-state index contributed by atoms with van der Waals surface area (Å²) in [6.07, 6.45) is 1.82. The van der Waals surface area contributed by atoms with Gasteiger partial charge in [0, 0.05) is 48.6 Å². The van der Waals surface area contributed by atoms with Crippen LogP contribution in [0.3, 0.4) is 0 Å². The summed E-state index contributed by atoms with van der Waals surface area (Å²) in [4.78, 5) is 14.8. The summed E-state index contributed by atoms with van der Waals surface area (Å²) in [6.45, 7) is 0. The van der Waals surface area contributed by atoms with Crippen LogP contribution in [0.5, 0.6) is 0 Å². The number of benzene rings is 5. The average molecular weight is 568 g/mol. The van der Waals surface area contributed by atoms with Crippen molar-refractivity contribution < 1.29 is 0 Å². The Morgan fingerprint density at radius 3 is 1.84 bits per heavy atom. The first kappa shape index (κ1) is 25.3. The summed E-state index contributed by atoms with van der Waals surface area (Å²) in [5, 5.41) is 2.62. The Bertz CT molecular complexity index is 2220. The van der Waals surface area contributed by atoms with Crippen molar-refractivity contribution in [2.75, 3.05) is 0 Å². The molecule has 0 radical (unpaired) electrons. The monoisotopic (exact) mass is 567 g/mol. The van der Waals surface area contributed by atoms with Gasteiger partial charge in [0.15, 0.2) is 5.82 Å². The number of pyridine rings is 1. The minimum Gasteiger partial charge on any atom is -0.256 e. The van der Waals surface area contributed by atoms with Gasteiger partial charge in [0.1, 0.15) is 0 Å². The van der Waals surface area contributed by atoms with Crippen molar-refractivity contribution in [2.45, 2.75) is 0 Å². The van der Waals surface area contributed by atoms with Gasteiger partial charge in [-0.05, 0) is 35.4 Å². The molecule has 0 aliphatic heterocycles. The minimum atomic E-state index is 0.678. The van der Waals surface area contributed by atoms with Gasteiger partial charge >= 0.3 is 0 Å². The van der Waals surface area contributed by atoms with Crippen LogP contribution in [0.2, 0.25) is 0 Å². The van der Waals surface area contributed by atoms with Crippen LogP contribution in [0.25, 0.3) is 76.5 Å². The number of hydrogen-bond donors (Lipinski definition) is 0. The van der Waals surface area contributed by atoms with Crippen LogP contribution in [0.1, 0.15) is 0 Å². The zero-order chi connectivity index (χ0) is 28.6. The second-order valence-corrected chi connectivity index (χ2v) is 11.5. The highest BCUT2D eigenvalue weighted by Crippen LogP contribution is 2.40. The first-order valence-electron chi connectivity index (χ1n) is 14.3. The molecule has 5 aromatic carbocycles. The molecule has 202 valence electrons. The van der Waals surface area contributed by atoms with E-state index in [0.717, 1.165) is 39.3 Å². The molecule has 0 saturated carbocycles. The summed E-state index contributed by atoms with van der Waals surface area (Å²) in [7, 11) is 0. The maximum absolute atomic E-state index is 5.13. The fraction of sp³-hybridized carbons (Fsp3) is 0. The van der Waals surface area contributed by atoms with Crippen molar-refractivity contribution in [3.8, 4) is 56.3 Å². The quantitative estimate of drug-likeness (QED) is 0.208. The van der Waals surface area contributed by atoms with E-state index in [4.69, 9.17) is 9.97 Å². The number of rotatable bonds is 5. The Balaban J connectivity index is 1.25. The number of fused-ring (bicyclic) bond motifs is 3. The van der Waals surface area contributed by atoms with Crippen molar-refractivity contribution in [2.24, 2.45) is 0 Å². The summed E-state index contributed by atoms with van der Waals surface area (Å²) in [6, 6.07) is 50.6. The normalized spacial score (nSPS) is 11.3. The topological polar surface area (TPSA) is 38.7 Å². The smallest absolute Gasteiger partial charge is 0.161 e. The molecule has 8 rings (SSSR count). The van der Waals surface area contributed by atoms with Gasteiger partial charge in [0.2, 0.25) is 0 Å². The van der Waals surface area contributed by atoms with Gasteiger partial charge in [0.25, 0.3) is 0 Å². The van der Waals surface area contributed by atoms with E-state index in [1.165, 1.54) is 31.3 Å². The Morgan fingerprint density at radius 1 is 0.419 bits per heavy atom. The van der Waals surface area contributed by atoms with Crippen molar-refractivity contribution >= 4 is 31.5 Å². The lowest BCUT2D eigenvalue weighted by molar-refractivity contribution is 1.18. The number of hydrogen-bond acceptors (Lipinski definition) is 4. The van der Waals surface area contributed by atoms with Crippen LogP contribution >= 0.6 is 11.3 Å². The van der Waals surface area contributed by atoms with Crippen LogP contribution in [0.15, 0.2) is 152 Å². The molecule has 8 aromatic rings. The lowest BCUT2D eigenvalue weighted by Gasteiger charge is -2.12. The molecule has 0 spiro atoms. The molecule has 0 saturated heterocycles. The van der Waals surface area contributed by atoms with E-state index < -0.39 is 0 Å². The molecule has 0 N–H and O–H groups in total. The largest absolute Gasteiger partial charge is 0.256 e. The van der Waals surface area contributed by atoms with E-state index >= 15 is 0 Å². The van der Waals surface area contributed by atoms with E-state index in [9.17, 15) is 0 Å². The first-order chi connectivity index (χ1) is 21.3. The third-order valence-corrected chi connectivity index (χ3v) is 9.02. The SMILES string of the molecule is c1ccc(-c2cc(-c3ccc(-c4cccc5c4sc4ccccc45)cc3)nc(-c3ccccc3-c3ccccn3)n2)cc1. The van der Waals surface area contributed by atoms with Crippen LogP contribution in [0, 0.1) is 0 Å². The van der Waals surface area contributed by atoms with Crippen LogP contribution in [-0.4, -0.2) is 15.0 Å². The number of aromatic nitrogens is 3. The maximum atomic E-state index is 5.13. The third-order valence-electron chi connectivity index (χ3n) is 7.80. The van der Waals surface area contributed by atoms with E-state index in [2.05, 4.69) is 102 Å². The molecular formula is C39H25N3S. The summed E-state index contributed by atoms with van der Waals surface area (Å²) >= 11 is 1.86. The molecule has 4 heteroatoms. The Morgan fingerprint density at radius 2 is 1.05 bits per heavy atom. The number of nitrogens with zero attached hydrogens (tertiary/aromatic N) is 3. The standard InChI is InChI=1S/C39H25N3S/c1-2-11-27(12-3-1)35-25-36(42-39(41-35)33-15-5-4-13-30(33)34-18-8-9-24-40-34)28-22-20-26(21-23-28)29-16-10-17-32-31-14-6-7-19-37(31)43-38(29)32/h1-25H. The zero-order valence-corrected chi connectivity index (χ0v) is 24.0. The molecule has 0 atom stereocenters. The molecule has 3 nitrogen and oxygen atoms in total. The lowest BCUT2D eigenvalue weighted by atomic mass is 9.99. The Kier molecular flexibility index (Phi) is 6.32. The molecule has 0 aliphatic carbocycles. The molecule has 0 fully saturated rings. The van der Waals surface area contributed by atoms with Crippen molar-refractivity contribution in [1.29, 1.82) is 0 Å². The van der Waals surface area contributed by atoms with Gasteiger partial charge in [-0.3, -0.25) is 4.98 Å². The van der Waals surface area contributed by atoms with Crippen LogP contribution < -0.4 is 0 Å². The molecule has 43 heavy (non-hydrogen) atoms. The molecule has 0 amide bonds. The highest BCUT2D eigenvalue weighted by molar-refractivity contribution is 7.26. The molecule has 0 unspecified atom stereocenters. The van der Waals surface area contributed by atoms with Crippen LogP contribution in [-0.2, 0) is 0 Å². The van der Waals surface area contributed by atoms with Gasteiger partial charge in [-0.2, -0.15) is 0 Å². The summed E-state index contributed by atoms with van der Waals surface area (Å²) in [5.41, 5.74) is 9.16. The van der Waals surface area contributed by atoms with Gasteiger partial charge in [-0.15, -0.1) is 11.3 Å². The predicted octanol–water partition coefficient (Wildman–Crippen LogP) is 10.6. The fourth-order valence-corrected chi connectivity index (χ4v) is 6.93. The van der Waals surface area contributed by atoms with E-state index in [0.29, 0.717) is 5.82 Å². The Labute approximate surface area is 253 Å². The number of thiophene rings is 1. The van der Waals surface area contributed by atoms with Gasteiger partial charge in [-0.1, -0.05) is 121 Å². The highest BCUT2D eigenvalue weighted by Gasteiger charge is 2.15. The second kappa shape index (κ2) is 10.8. The first-order valence-corrected chi connectivity index (χ1v) is 15.1. The van der Waals surface area contributed by atoms with Gasteiger partial charge in [-0.25, -0.2) is 9.97 Å². The summed E-state index contributed by atoms with van der Waals surface area (Å²) < 4.78 is 2.63. The van der Waals surface area contributed by atoms with Crippen molar-refractivity contribution in [1.82, 2.24) is 15.0 Å². The minimum absolute atomic E-state index is 0.678. The van der Waals surface area contributed by atoms with E-state index in [1.807, 2.05) is 66.1 Å². The molecule has 0 aliphatic rings. The predicted molar refractivity (Wildman–Crippen MR) is 180 cm³/mol. The zero-order valence-electron chi connectivity index (χ0n) is 23.2. The maximum Gasteiger partial charge on any atom is 0.161 e. The lowest BCUT2D eigenvalue weighted by Crippen LogP contribution is -1.97. The van der Waals surface area contributed by atoms with Crippen LogP contribution in [0.4, 0.5) is 0 Å². The Hall–Kier alpha value is -5.45. The molecule has 3 aromatic heterocycles. The summed E-state index contributed by atoms with van der Waals surface area (Å²) in [5.74, 6) is 0.678. The molecular weight excluding hydrogens is 543 g/mol. The van der Waals surface area contributed by atoms with Gasteiger partial charge < -0.3 is 0 Å². The molecule has 3 heterocycles. The fourth-order valence-electron chi connectivity index (χ4n) is 5.69.